The standard InChI is InChI=1S/C17H14N2O3/c20-17(21)16-10-19(12-18-16)14-6-8-15(9-7-14)22-11-13-4-2-1-3-5-13/h1-10,12H,11H2,(H,20,21). The second-order valence-electron chi connectivity index (χ2n) is 4.74. The Morgan fingerprint density at radius 3 is 2.45 bits per heavy atom. The third-order valence-corrected chi connectivity index (χ3v) is 3.18. The molecule has 22 heavy (non-hydrogen) atoms. The van der Waals surface area contributed by atoms with Crippen LogP contribution in [0.25, 0.3) is 5.69 Å². The normalized spacial score (nSPS) is 10.4. The predicted molar refractivity (Wildman–Crippen MR) is 81.3 cm³/mol. The van der Waals surface area contributed by atoms with Gasteiger partial charge in [0, 0.05) is 11.9 Å². The van der Waals surface area contributed by atoms with E-state index in [0.29, 0.717) is 6.61 Å². The van der Waals surface area contributed by atoms with Crippen LogP contribution in [-0.4, -0.2) is 20.6 Å². The number of nitrogens with zero attached hydrogens (tertiary/aromatic N) is 2. The van der Waals surface area contributed by atoms with Gasteiger partial charge in [0.05, 0.1) is 0 Å². The van der Waals surface area contributed by atoms with Crippen molar-refractivity contribution in [3.8, 4) is 11.4 Å². The van der Waals surface area contributed by atoms with Crippen LogP contribution in [0.2, 0.25) is 0 Å². The van der Waals surface area contributed by atoms with E-state index < -0.39 is 5.97 Å². The van der Waals surface area contributed by atoms with Gasteiger partial charge in [-0.1, -0.05) is 30.3 Å². The van der Waals surface area contributed by atoms with E-state index >= 15 is 0 Å². The number of imidazole rings is 1. The summed E-state index contributed by atoms with van der Waals surface area (Å²) in [6.07, 6.45) is 2.95. The zero-order valence-corrected chi connectivity index (χ0v) is 11.7. The summed E-state index contributed by atoms with van der Waals surface area (Å²) in [5.74, 6) is -0.284. The SMILES string of the molecule is O=C(O)c1cn(-c2ccc(OCc3ccccc3)cc2)cn1. The van der Waals surface area contributed by atoms with Crippen molar-refractivity contribution in [1.82, 2.24) is 9.55 Å². The summed E-state index contributed by atoms with van der Waals surface area (Å²) in [5.41, 5.74) is 1.95. The smallest absolute Gasteiger partial charge is 0.356 e. The maximum Gasteiger partial charge on any atom is 0.356 e. The molecule has 1 N–H and O–H groups in total. The van der Waals surface area contributed by atoms with Crippen molar-refractivity contribution in [2.24, 2.45) is 0 Å². The summed E-state index contributed by atoms with van der Waals surface area (Å²) in [6.45, 7) is 0.508. The van der Waals surface area contributed by atoms with E-state index in [1.54, 1.807) is 4.57 Å². The molecule has 3 aromatic rings. The minimum Gasteiger partial charge on any atom is -0.489 e. The van der Waals surface area contributed by atoms with Gasteiger partial charge in [-0.15, -0.1) is 0 Å². The lowest BCUT2D eigenvalue weighted by Crippen LogP contribution is -1.97. The Balaban J connectivity index is 1.68. The van der Waals surface area contributed by atoms with Crippen LogP contribution in [0.4, 0.5) is 0 Å². The number of aromatic nitrogens is 2. The number of carboxylic acids is 1. The minimum atomic E-state index is -1.04. The highest BCUT2D eigenvalue weighted by Crippen LogP contribution is 2.17. The van der Waals surface area contributed by atoms with Crippen LogP contribution >= 0.6 is 0 Å². The third-order valence-electron chi connectivity index (χ3n) is 3.18. The second kappa shape index (κ2) is 6.13. The fraction of sp³-hybridized carbons (Fsp3) is 0.0588. The summed E-state index contributed by atoms with van der Waals surface area (Å²) in [6, 6.07) is 17.3. The molecule has 0 saturated heterocycles. The molecule has 0 spiro atoms. The first-order valence-electron chi connectivity index (χ1n) is 6.77. The molecule has 0 bridgehead atoms. The average Bonchev–Trinajstić information content (AvgIpc) is 3.05. The van der Waals surface area contributed by atoms with E-state index in [1.165, 1.54) is 12.5 Å². The molecule has 0 fully saturated rings. The highest BCUT2D eigenvalue weighted by Gasteiger charge is 2.07. The molecule has 0 radical (unpaired) electrons. The Kier molecular flexibility index (Phi) is 3.87. The van der Waals surface area contributed by atoms with Gasteiger partial charge in [-0.3, -0.25) is 0 Å². The van der Waals surface area contributed by atoms with E-state index in [0.717, 1.165) is 17.0 Å². The van der Waals surface area contributed by atoms with E-state index in [9.17, 15) is 4.79 Å². The average molecular weight is 294 g/mol. The minimum absolute atomic E-state index is 0.0180. The van der Waals surface area contributed by atoms with Crippen molar-refractivity contribution in [3.63, 3.8) is 0 Å². The predicted octanol–water partition coefficient (Wildman–Crippen LogP) is 3.15. The molecule has 3 rings (SSSR count). The van der Waals surface area contributed by atoms with Crippen molar-refractivity contribution in [3.05, 3.63) is 78.4 Å². The monoisotopic (exact) mass is 294 g/mol. The van der Waals surface area contributed by atoms with Gasteiger partial charge < -0.3 is 14.4 Å². The van der Waals surface area contributed by atoms with Crippen molar-refractivity contribution in [1.29, 1.82) is 0 Å². The molecule has 0 atom stereocenters. The van der Waals surface area contributed by atoms with Crippen LogP contribution in [0, 0.1) is 0 Å². The molecule has 0 amide bonds. The van der Waals surface area contributed by atoms with Crippen LogP contribution in [-0.2, 0) is 6.61 Å². The third kappa shape index (κ3) is 3.15. The Labute approximate surface area is 127 Å². The zero-order valence-electron chi connectivity index (χ0n) is 11.7. The molecule has 2 aromatic carbocycles. The van der Waals surface area contributed by atoms with Gasteiger partial charge in [-0.05, 0) is 29.8 Å². The first kappa shape index (κ1) is 13.9. The quantitative estimate of drug-likeness (QED) is 0.785. The van der Waals surface area contributed by atoms with E-state index in [1.807, 2.05) is 54.6 Å². The number of hydrogen-bond acceptors (Lipinski definition) is 3. The lowest BCUT2D eigenvalue weighted by atomic mass is 10.2. The number of carbonyl (C=O) groups is 1. The van der Waals surface area contributed by atoms with Crippen LogP contribution in [0.5, 0.6) is 5.75 Å². The number of benzene rings is 2. The highest BCUT2D eigenvalue weighted by molar-refractivity contribution is 5.85. The van der Waals surface area contributed by atoms with E-state index in [-0.39, 0.29) is 5.69 Å². The molecule has 0 aliphatic heterocycles. The molecule has 1 heterocycles. The molecule has 0 saturated carbocycles. The topological polar surface area (TPSA) is 64.3 Å². The summed E-state index contributed by atoms with van der Waals surface area (Å²) in [7, 11) is 0. The van der Waals surface area contributed by atoms with Gasteiger partial charge in [-0.25, -0.2) is 9.78 Å². The molecule has 5 nitrogen and oxygen atoms in total. The van der Waals surface area contributed by atoms with Gasteiger partial charge >= 0.3 is 5.97 Å². The largest absolute Gasteiger partial charge is 0.489 e. The van der Waals surface area contributed by atoms with Crippen LogP contribution in [0.1, 0.15) is 16.1 Å². The number of hydrogen-bond donors (Lipinski definition) is 1. The first-order valence-corrected chi connectivity index (χ1v) is 6.77. The van der Waals surface area contributed by atoms with Crippen molar-refractivity contribution >= 4 is 5.97 Å². The van der Waals surface area contributed by atoms with Gasteiger partial charge in [-0.2, -0.15) is 0 Å². The molecular formula is C17H14N2O3. The van der Waals surface area contributed by atoms with Gasteiger partial charge in [0.1, 0.15) is 18.7 Å². The maximum absolute atomic E-state index is 10.8. The van der Waals surface area contributed by atoms with Crippen molar-refractivity contribution < 1.29 is 14.6 Å². The Morgan fingerprint density at radius 1 is 1.09 bits per heavy atom. The summed E-state index contributed by atoms with van der Waals surface area (Å²) in [5, 5.41) is 8.87. The lowest BCUT2D eigenvalue weighted by molar-refractivity contribution is 0.0691. The molecule has 1 aromatic heterocycles. The van der Waals surface area contributed by atoms with Crippen molar-refractivity contribution in [2.45, 2.75) is 6.61 Å². The van der Waals surface area contributed by atoms with Crippen LogP contribution in [0.3, 0.4) is 0 Å². The zero-order chi connectivity index (χ0) is 15.4. The van der Waals surface area contributed by atoms with E-state index in [2.05, 4.69) is 4.98 Å². The fourth-order valence-electron chi connectivity index (χ4n) is 2.03. The second-order valence-corrected chi connectivity index (χ2v) is 4.74. The van der Waals surface area contributed by atoms with Gasteiger partial charge in [0.15, 0.2) is 5.69 Å². The Hall–Kier alpha value is -3.08. The summed E-state index contributed by atoms with van der Waals surface area (Å²) in [4.78, 5) is 14.6. The molecule has 0 aliphatic rings. The number of carboxylic acid groups (broad SMARTS) is 1. The molecule has 0 aliphatic carbocycles. The number of aromatic carboxylic acids is 1. The van der Waals surface area contributed by atoms with Crippen LogP contribution < -0.4 is 4.74 Å². The molecular weight excluding hydrogens is 280 g/mol. The highest BCUT2D eigenvalue weighted by atomic mass is 16.5. The van der Waals surface area contributed by atoms with Crippen molar-refractivity contribution in [2.75, 3.05) is 0 Å². The Bertz CT molecular complexity index is 764. The Morgan fingerprint density at radius 2 is 1.82 bits per heavy atom. The molecule has 110 valence electrons. The first-order chi connectivity index (χ1) is 10.7. The fourth-order valence-corrected chi connectivity index (χ4v) is 2.03. The molecule has 5 heteroatoms. The van der Waals surface area contributed by atoms with E-state index in [4.69, 9.17) is 9.84 Å². The van der Waals surface area contributed by atoms with Crippen LogP contribution in [0.15, 0.2) is 67.1 Å². The lowest BCUT2D eigenvalue weighted by Gasteiger charge is -2.07. The number of ether oxygens (including phenoxy) is 1. The summed E-state index contributed by atoms with van der Waals surface area (Å²) >= 11 is 0. The molecule has 0 unspecified atom stereocenters. The maximum atomic E-state index is 10.8. The van der Waals surface area contributed by atoms with Gasteiger partial charge in [0.25, 0.3) is 0 Å². The number of rotatable bonds is 5. The van der Waals surface area contributed by atoms with Gasteiger partial charge in [0.2, 0.25) is 0 Å². The summed E-state index contributed by atoms with van der Waals surface area (Å²) < 4.78 is 7.36.